The molecule has 7 heteroatoms. The highest BCUT2D eigenvalue weighted by Gasteiger charge is 2.31. The van der Waals surface area contributed by atoms with Gasteiger partial charge in [0.15, 0.2) is 10.2 Å². The van der Waals surface area contributed by atoms with Crippen LogP contribution < -0.4 is 0 Å². The molecule has 3 atom stereocenters. The zero-order chi connectivity index (χ0) is 31.4. The van der Waals surface area contributed by atoms with Crippen molar-refractivity contribution >= 4 is 43.0 Å². The van der Waals surface area contributed by atoms with Crippen LogP contribution in [0, 0.1) is 17.8 Å². The molecule has 0 bridgehead atoms. The maximum atomic E-state index is 12.6. The van der Waals surface area contributed by atoms with Gasteiger partial charge in [-0.2, -0.15) is 0 Å². The first kappa shape index (κ1) is 41.2. The average molecular weight is 659 g/mol. The summed E-state index contributed by atoms with van der Waals surface area (Å²) in [5.74, 6) is 4.05. The Morgan fingerprint density at radius 2 is 1.09 bits per heavy atom. The van der Waals surface area contributed by atoms with Gasteiger partial charge in [0.25, 0.3) is 0 Å². The third-order valence-electron chi connectivity index (χ3n) is 9.05. The van der Waals surface area contributed by atoms with Crippen LogP contribution in [0.1, 0.15) is 169 Å². The molecule has 0 radical (unpaired) electrons. The minimum absolute atomic E-state index is 0.394. The standard InChI is InChI=1S/C36H70O4S2Si/c1-5-9-11-13-15-17-19-35(37)41-28-23-33-22-21-32(25-30-43(39-26-7-3)40-27-8-4)31-34(33)24-29-42-36(38)20-18-16-14-12-10-6-2/h32-34,43H,5-31H2,1-4H3. The van der Waals surface area contributed by atoms with Crippen molar-refractivity contribution in [2.45, 2.75) is 175 Å². The molecule has 0 aromatic heterocycles. The highest BCUT2D eigenvalue weighted by atomic mass is 32.2. The summed E-state index contributed by atoms with van der Waals surface area (Å²) in [7, 11) is -1.57. The van der Waals surface area contributed by atoms with E-state index in [1.54, 1.807) is 23.5 Å². The number of rotatable bonds is 29. The van der Waals surface area contributed by atoms with E-state index < -0.39 is 9.28 Å². The van der Waals surface area contributed by atoms with Crippen LogP contribution in [-0.2, 0) is 18.4 Å². The fourth-order valence-electron chi connectivity index (χ4n) is 6.40. The molecule has 254 valence electrons. The molecule has 4 nitrogen and oxygen atoms in total. The van der Waals surface area contributed by atoms with Gasteiger partial charge in [-0.15, -0.1) is 0 Å². The van der Waals surface area contributed by atoms with Crippen molar-refractivity contribution in [1.29, 1.82) is 0 Å². The maximum Gasteiger partial charge on any atom is 0.321 e. The quantitative estimate of drug-likeness (QED) is 0.0589. The Kier molecular flexibility index (Phi) is 28.3. The Morgan fingerprint density at radius 3 is 1.60 bits per heavy atom. The summed E-state index contributed by atoms with van der Waals surface area (Å²) in [5.41, 5.74) is 0. The second-order valence-corrected chi connectivity index (χ2v) is 17.4. The van der Waals surface area contributed by atoms with E-state index in [0.717, 1.165) is 88.0 Å². The number of carbonyl (C=O) groups is 2. The summed E-state index contributed by atoms with van der Waals surface area (Å²) in [6.07, 6.45) is 25.8. The Morgan fingerprint density at radius 1 is 0.605 bits per heavy atom. The van der Waals surface area contributed by atoms with Crippen molar-refractivity contribution in [2.24, 2.45) is 17.8 Å². The molecule has 0 aliphatic heterocycles. The molecular weight excluding hydrogens is 589 g/mol. The SMILES string of the molecule is CCCCCCCCC(=O)SCCC1CCC(CC[SiH](OCCC)OCCC)CC1CCSC(=O)CCCCCCCC. The number of hydrogen-bond donors (Lipinski definition) is 0. The van der Waals surface area contributed by atoms with Gasteiger partial charge in [-0.1, -0.05) is 122 Å². The van der Waals surface area contributed by atoms with Gasteiger partial charge in [0.05, 0.1) is 0 Å². The average Bonchev–Trinajstić information content (AvgIpc) is 3.01. The Hall–Kier alpha value is 0.177. The lowest BCUT2D eigenvalue weighted by molar-refractivity contribution is -0.111. The third-order valence-corrected chi connectivity index (χ3v) is 13.0. The van der Waals surface area contributed by atoms with Crippen LogP contribution in [0.25, 0.3) is 0 Å². The van der Waals surface area contributed by atoms with Crippen LogP contribution >= 0.6 is 23.5 Å². The van der Waals surface area contributed by atoms with Crippen molar-refractivity contribution in [1.82, 2.24) is 0 Å². The van der Waals surface area contributed by atoms with Crippen molar-refractivity contribution in [3.8, 4) is 0 Å². The number of carbonyl (C=O) groups excluding carboxylic acids is 2. The predicted molar refractivity (Wildman–Crippen MR) is 194 cm³/mol. The molecule has 1 aliphatic rings. The highest BCUT2D eigenvalue weighted by Crippen LogP contribution is 2.41. The smallest absolute Gasteiger partial charge is 0.321 e. The molecule has 0 amide bonds. The fourth-order valence-corrected chi connectivity index (χ4v) is 10.4. The minimum atomic E-state index is -1.57. The molecule has 1 rings (SSSR count). The van der Waals surface area contributed by atoms with E-state index in [1.807, 2.05) is 0 Å². The lowest BCUT2D eigenvalue weighted by atomic mass is 9.71. The van der Waals surface area contributed by atoms with Gasteiger partial charge in [-0.25, -0.2) is 0 Å². The first-order valence-corrected chi connectivity index (χ1v) is 22.3. The van der Waals surface area contributed by atoms with Gasteiger partial charge < -0.3 is 8.85 Å². The summed E-state index contributed by atoms with van der Waals surface area (Å²) >= 11 is 3.18. The first-order chi connectivity index (χ1) is 21.0. The topological polar surface area (TPSA) is 52.6 Å². The molecule has 0 heterocycles. The highest BCUT2D eigenvalue weighted by molar-refractivity contribution is 8.13. The molecule has 0 N–H and O–H groups in total. The second-order valence-electron chi connectivity index (χ2n) is 13.0. The number of unbranched alkanes of at least 4 members (excludes halogenated alkanes) is 10. The molecule has 0 saturated heterocycles. The van der Waals surface area contributed by atoms with Crippen molar-refractivity contribution in [3.05, 3.63) is 0 Å². The summed E-state index contributed by atoms with van der Waals surface area (Å²) in [4.78, 5) is 25.1. The molecule has 43 heavy (non-hydrogen) atoms. The Labute approximate surface area is 278 Å². The van der Waals surface area contributed by atoms with Gasteiger partial charge in [-0.3, -0.25) is 9.59 Å². The van der Waals surface area contributed by atoms with E-state index in [9.17, 15) is 9.59 Å². The van der Waals surface area contributed by atoms with Gasteiger partial charge in [0.2, 0.25) is 0 Å². The zero-order valence-corrected chi connectivity index (χ0v) is 31.6. The van der Waals surface area contributed by atoms with Crippen LogP contribution in [0.3, 0.4) is 0 Å². The predicted octanol–water partition coefficient (Wildman–Crippen LogP) is 11.3. The Bertz CT molecular complexity index is 657. The lowest BCUT2D eigenvalue weighted by Crippen LogP contribution is -2.29. The van der Waals surface area contributed by atoms with Crippen LogP contribution in [0.4, 0.5) is 0 Å². The van der Waals surface area contributed by atoms with E-state index in [4.69, 9.17) is 8.85 Å². The van der Waals surface area contributed by atoms with E-state index in [2.05, 4.69) is 27.7 Å². The van der Waals surface area contributed by atoms with Crippen LogP contribution in [0.2, 0.25) is 6.04 Å². The van der Waals surface area contributed by atoms with Gasteiger partial charge in [0.1, 0.15) is 0 Å². The molecule has 0 aromatic rings. The normalized spacial score (nSPS) is 18.9. The summed E-state index contributed by atoms with van der Waals surface area (Å²) < 4.78 is 12.3. The maximum absolute atomic E-state index is 12.6. The van der Waals surface area contributed by atoms with Gasteiger partial charge in [0, 0.05) is 37.6 Å². The van der Waals surface area contributed by atoms with E-state index in [1.165, 1.54) is 89.9 Å². The monoisotopic (exact) mass is 658 g/mol. The van der Waals surface area contributed by atoms with Crippen LogP contribution in [0.5, 0.6) is 0 Å². The third kappa shape index (κ3) is 23.2. The first-order valence-electron chi connectivity index (χ1n) is 18.6. The summed E-state index contributed by atoms with van der Waals surface area (Å²) in [5, 5.41) is 0.789. The molecule has 1 saturated carbocycles. The number of thioether (sulfide) groups is 2. The number of hydrogen-bond acceptors (Lipinski definition) is 6. The van der Waals surface area contributed by atoms with E-state index in [0.29, 0.717) is 22.1 Å². The Balaban J connectivity index is 2.51. The van der Waals surface area contributed by atoms with E-state index >= 15 is 0 Å². The van der Waals surface area contributed by atoms with Crippen LogP contribution in [-0.4, -0.2) is 44.2 Å². The zero-order valence-electron chi connectivity index (χ0n) is 28.9. The van der Waals surface area contributed by atoms with E-state index in [-0.39, 0.29) is 0 Å². The summed E-state index contributed by atoms with van der Waals surface area (Å²) in [6.45, 7) is 10.5. The summed E-state index contributed by atoms with van der Waals surface area (Å²) in [6, 6.07) is 1.12. The van der Waals surface area contributed by atoms with Crippen molar-refractivity contribution in [2.75, 3.05) is 24.7 Å². The molecule has 0 aromatic carbocycles. The van der Waals surface area contributed by atoms with Crippen molar-refractivity contribution in [3.63, 3.8) is 0 Å². The molecule has 1 fully saturated rings. The molecular formula is C36H70O4S2Si. The fraction of sp³-hybridized carbons (Fsp3) is 0.944. The van der Waals surface area contributed by atoms with Crippen molar-refractivity contribution < 1.29 is 18.4 Å². The largest absolute Gasteiger partial charge is 0.397 e. The van der Waals surface area contributed by atoms with Crippen LogP contribution in [0.15, 0.2) is 0 Å². The minimum Gasteiger partial charge on any atom is -0.397 e. The van der Waals surface area contributed by atoms with Gasteiger partial charge in [-0.05, 0) is 81.6 Å². The molecule has 3 unspecified atom stereocenters. The lowest BCUT2D eigenvalue weighted by Gasteiger charge is -2.37. The molecule has 0 spiro atoms. The second kappa shape index (κ2) is 29.6. The molecule has 1 aliphatic carbocycles. The van der Waals surface area contributed by atoms with Gasteiger partial charge >= 0.3 is 9.28 Å².